The molecule has 1 heterocycles. The van der Waals surface area contributed by atoms with Crippen LogP contribution in [0.5, 0.6) is 0 Å². The molecular formula is C14H17N3. The topological polar surface area (TPSA) is 50.9 Å². The van der Waals surface area contributed by atoms with Gasteiger partial charge in [0.1, 0.15) is 0 Å². The van der Waals surface area contributed by atoms with Crippen LogP contribution in [0.15, 0.2) is 42.6 Å². The highest BCUT2D eigenvalue weighted by atomic mass is 14.9. The highest BCUT2D eigenvalue weighted by Gasteiger charge is 1.97. The van der Waals surface area contributed by atoms with E-state index in [4.69, 9.17) is 5.73 Å². The van der Waals surface area contributed by atoms with Crippen LogP contribution in [0.25, 0.3) is 0 Å². The molecule has 17 heavy (non-hydrogen) atoms. The predicted molar refractivity (Wildman–Crippen MR) is 72.0 cm³/mol. The summed E-state index contributed by atoms with van der Waals surface area (Å²) in [6, 6.07) is 12.0. The second-order valence-corrected chi connectivity index (χ2v) is 4.07. The molecule has 2 aromatic rings. The number of benzene rings is 1. The highest BCUT2D eigenvalue weighted by Crippen LogP contribution is 2.16. The van der Waals surface area contributed by atoms with Crippen molar-refractivity contribution in [3.05, 3.63) is 53.9 Å². The minimum Gasteiger partial charge on any atom is -0.399 e. The van der Waals surface area contributed by atoms with E-state index in [1.807, 2.05) is 43.5 Å². The number of aryl methyl sites for hydroxylation is 1. The Hall–Kier alpha value is -2.03. The summed E-state index contributed by atoms with van der Waals surface area (Å²) >= 11 is 0. The molecule has 0 spiro atoms. The molecule has 0 atom stereocenters. The predicted octanol–water partition coefficient (Wildman–Crippen LogP) is 2.63. The van der Waals surface area contributed by atoms with Crippen molar-refractivity contribution in [1.29, 1.82) is 0 Å². The minimum atomic E-state index is 0.834. The number of nitrogens with two attached hydrogens (primary N) is 1. The third kappa shape index (κ3) is 3.21. The van der Waals surface area contributed by atoms with Crippen molar-refractivity contribution in [2.45, 2.75) is 13.3 Å². The van der Waals surface area contributed by atoms with Crippen molar-refractivity contribution in [2.75, 3.05) is 17.6 Å². The zero-order valence-electron chi connectivity index (χ0n) is 9.98. The van der Waals surface area contributed by atoms with E-state index in [-0.39, 0.29) is 0 Å². The van der Waals surface area contributed by atoms with Crippen LogP contribution in [-0.4, -0.2) is 11.5 Å². The fourth-order valence-corrected chi connectivity index (χ4v) is 1.67. The van der Waals surface area contributed by atoms with E-state index in [1.165, 1.54) is 0 Å². The maximum atomic E-state index is 5.77. The Balaban J connectivity index is 1.88. The molecule has 0 bridgehead atoms. The van der Waals surface area contributed by atoms with Gasteiger partial charge in [0.25, 0.3) is 0 Å². The molecule has 0 radical (unpaired) electrons. The van der Waals surface area contributed by atoms with Crippen LogP contribution < -0.4 is 11.1 Å². The van der Waals surface area contributed by atoms with Gasteiger partial charge >= 0.3 is 0 Å². The van der Waals surface area contributed by atoms with E-state index >= 15 is 0 Å². The number of hydrogen-bond acceptors (Lipinski definition) is 3. The van der Waals surface area contributed by atoms with Gasteiger partial charge in [-0.05, 0) is 42.8 Å². The summed E-state index contributed by atoms with van der Waals surface area (Å²) in [7, 11) is 0. The van der Waals surface area contributed by atoms with Gasteiger partial charge in [-0.3, -0.25) is 4.98 Å². The van der Waals surface area contributed by atoms with Crippen LogP contribution in [-0.2, 0) is 6.42 Å². The Morgan fingerprint density at radius 2 is 2.12 bits per heavy atom. The lowest BCUT2D eigenvalue weighted by molar-refractivity contribution is 0.961. The zero-order valence-corrected chi connectivity index (χ0v) is 9.98. The molecule has 0 amide bonds. The van der Waals surface area contributed by atoms with Crippen molar-refractivity contribution in [2.24, 2.45) is 0 Å². The van der Waals surface area contributed by atoms with Gasteiger partial charge in [0, 0.05) is 36.2 Å². The second-order valence-electron chi connectivity index (χ2n) is 4.07. The lowest BCUT2D eigenvalue weighted by Gasteiger charge is -2.08. The third-order valence-corrected chi connectivity index (χ3v) is 2.71. The molecule has 1 aromatic heterocycles. The summed E-state index contributed by atoms with van der Waals surface area (Å²) in [6.07, 6.45) is 2.74. The average molecular weight is 227 g/mol. The van der Waals surface area contributed by atoms with Gasteiger partial charge in [0.15, 0.2) is 0 Å². The lowest BCUT2D eigenvalue weighted by atomic mass is 10.2. The SMILES string of the molecule is Cc1cc(NCCc2ccccn2)ccc1N. The smallest absolute Gasteiger partial charge is 0.0421 e. The number of nitrogens with one attached hydrogen (secondary N) is 1. The third-order valence-electron chi connectivity index (χ3n) is 2.71. The van der Waals surface area contributed by atoms with Gasteiger partial charge < -0.3 is 11.1 Å². The molecule has 0 saturated heterocycles. The van der Waals surface area contributed by atoms with Crippen molar-refractivity contribution in [3.8, 4) is 0 Å². The average Bonchev–Trinajstić information content (AvgIpc) is 2.35. The van der Waals surface area contributed by atoms with Crippen LogP contribution in [0, 0.1) is 6.92 Å². The number of anilines is 2. The van der Waals surface area contributed by atoms with Gasteiger partial charge in [0.05, 0.1) is 0 Å². The summed E-state index contributed by atoms with van der Waals surface area (Å²) in [5.41, 5.74) is 9.92. The normalized spacial score (nSPS) is 10.2. The first-order valence-corrected chi connectivity index (χ1v) is 5.75. The number of rotatable bonds is 4. The van der Waals surface area contributed by atoms with Crippen LogP contribution >= 0.6 is 0 Å². The quantitative estimate of drug-likeness (QED) is 0.789. The van der Waals surface area contributed by atoms with E-state index in [0.717, 1.165) is 35.6 Å². The molecule has 3 N–H and O–H groups in total. The molecule has 0 unspecified atom stereocenters. The van der Waals surface area contributed by atoms with E-state index in [0.29, 0.717) is 0 Å². The Bertz CT molecular complexity index is 480. The first kappa shape index (κ1) is 11.5. The Kier molecular flexibility index (Phi) is 3.60. The van der Waals surface area contributed by atoms with Crippen molar-refractivity contribution >= 4 is 11.4 Å². The molecule has 3 nitrogen and oxygen atoms in total. The Labute approximate surface area is 102 Å². The van der Waals surface area contributed by atoms with E-state index in [9.17, 15) is 0 Å². The van der Waals surface area contributed by atoms with E-state index < -0.39 is 0 Å². The molecule has 0 aliphatic heterocycles. The lowest BCUT2D eigenvalue weighted by Crippen LogP contribution is -2.06. The maximum absolute atomic E-state index is 5.77. The molecular weight excluding hydrogens is 210 g/mol. The monoisotopic (exact) mass is 227 g/mol. The molecule has 2 rings (SSSR count). The largest absolute Gasteiger partial charge is 0.399 e. The number of aromatic nitrogens is 1. The zero-order chi connectivity index (χ0) is 12.1. The van der Waals surface area contributed by atoms with Crippen LogP contribution in [0.1, 0.15) is 11.3 Å². The first-order valence-electron chi connectivity index (χ1n) is 5.75. The van der Waals surface area contributed by atoms with Crippen molar-refractivity contribution in [3.63, 3.8) is 0 Å². The van der Waals surface area contributed by atoms with Gasteiger partial charge in [-0.2, -0.15) is 0 Å². The van der Waals surface area contributed by atoms with Crippen LogP contribution in [0.2, 0.25) is 0 Å². The molecule has 0 fully saturated rings. The first-order chi connectivity index (χ1) is 8.25. The standard InChI is InChI=1S/C14H17N3/c1-11-10-13(5-6-14(11)15)17-9-7-12-4-2-3-8-16-12/h2-6,8,10,17H,7,9,15H2,1H3. The maximum Gasteiger partial charge on any atom is 0.0421 e. The van der Waals surface area contributed by atoms with Crippen molar-refractivity contribution in [1.82, 2.24) is 4.98 Å². The summed E-state index contributed by atoms with van der Waals surface area (Å²) in [4.78, 5) is 4.28. The highest BCUT2D eigenvalue weighted by molar-refractivity contribution is 5.56. The van der Waals surface area contributed by atoms with Gasteiger partial charge in [-0.25, -0.2) is 0 Å². The fourth-order valence-electron chi connectivity index (χ4n) is 1.67. The minimum absolute atomic E-state index is 0.834. The molecule has 3 heteroatoms. The molecule has 0 aliphatic carbocycles. The Morgan fingerprint density at radius 3 is 2.82 bits per heavy atom. The summed E-state index contributed by atoms with van der Waals surface area (Å²) < 4.78 is 0. The summed E-state index contributed by atoms with van der Waals surface area (Å²) in [5, 5.41) is 3.37. The number of pyridine rings is 1. The molecule has 88 valence electrons. The van der Waals surface area contributed by atoms with E-state index in [2.05, 4.69) is 16.4 Å². The fraction of sp³-hybridized carbons (Fsp3) is 0.214. The molecule has 0 saturated carbocycles. The van der Waals surface area contributed by atoms with Crippen LogP contribution in [0.3, 0.4) is 0 Å². The van der Waals surface area contributed by atoms with Gasteiger partial charge in [-0.15, -0.1) is 0 Å². The summed E-state index contributed by atoms with van der Waals surface area (Å²) in [6.45, 7) is 2.89. The van der Waals surface area contributed by atoms with Gasteiger partial charge in [0.2, 0.25) is 0 Å². The number of hydrogen-bond donors (Lipinski definition) is 2. The molecule has 1 aromatic carbocycles. The summed E-state index contributed by atoms with van der Waals surface area (Å²) in [5.74, 6) is 0. The van der Waals surface area contributed by atoms with Crippen molar-refractivity contribution < 1.29 is 0 Å². The molecule has 0 aliphatic rings. The van der Waals surface area contributed by atoms with Gasteiger partial charge in [-0.1, -0.05) is 6.07 Å². The number of nitrogens with zero attached hydrogens (tertiary/aromatic N) is 1. The second kappa shape index (κ2) is 5.34. The Morgan fingerprint density at radius 1 is 1.24 bits per heavy atom. The van der Waals surface area contributed by atoms with E-state index in [1.54, 1.807) is 0 Å². The number of nitrogen functional groups attached to an aromatic ring is 1. The van der Waals surface area contributed by atoms with Crippen LogP contribution in [0.4, 0.5) is 11.4 Å².